The Morgan fingerprint density at radius 2 is 2.33 bits per heavy atom. The fourth-order valence-electron chi connectivity index (χ4n) is 0.999. The van der Waals surface area contributed by atoms with Crippen LogP contribution in [0.2, 0.25) is 5.02 Å². The number of carbonyl (C=O) groups is 1. The highest BCUT2D eigenvalue weighted by Gasteiger charge is 2.09. The molecule has 80 valence electrons. The topological polar surface area (TPSA) is 46.5 Å². The lowest BCUT2D eigenvalue weighted by Gasteiger charge is -2.05. The minimum absolute atomic E-state index is 0.0506. The predicted octanol–water partition coefficient (Wildman–Crippen LogP) is 2.99. The van der Waals surface area contributed by atoms with Gasteiger partial charge in [-0.15, -0.1) is 0 Å². The fraction of sp³-hybridized carbons (Fsp3) is 0.182. The first-order chi connectivity index (χ1) is 7.15. The Kier molecular flexibility index (Phi) is 4.18. The van der Waals surface area contributed by atoms with Crippen molar-refractivity contribution in [2.75, 3.05) is 6.61 Å². The third kappa shape index (κ3) is 3.29. The van der Waals surface area contributed by atoms with Gasteiger partial charge in [-0.2, -0.15) is 0 Å². The highest BCUT2D eigenvalue weighted by molar-refractivity contribution is 6.33. The van der Waals surface area contributed by atoms with Gasteiger partial charge in [0.2, 0.25) is 0 Å². The van der Waals surface area contributed by atoms with Gasteiger partial charge in [0.1, 0.15) is 12.4 Å². The molecule has 15 heavy (non-hydrogen) atoms. The van der Waals surface area contributed by atoms with E-state index in [1.807, 2.05) is 19.1 Å². The molecule has 0 fully saturated rings. The van der Waals surface area contributed by atoms with Gasteiger partial charge in [0.15, 0.2) is 0 Å². The Hall–Kier alpha value is -1.48. The van der Waals surface area contributed by atoms with Crippen LogP contribution < -0.4 is 4.74 Å². The summed E-state index contributed by atoms with van der Waals surface area (Å²) >= 11 is 5.70. The van der Waals surface area contributed by atoms with Crippen molar-refractivity contribution in [3.8, 4) is 5.75 Å². The third-order valence-electron chi connectivity index (χ3n) is 1.75. The Balaban J connectivity index is 2.83. The van der Waals surface area contributed by atoms with Crippen LogP contribution in [0.5, 0.6) is 5.75 Å². The highest BCUT2D eigenvalue weighted by atomic mass is 35.5. The molecular formula is C11H11ClO3. The molecule has 0 aliphatic rings. The molecule has 4 heteroatoms. The summed E-state index contributed by atoms with van der Waals surface area (Å²) < 4.78 is 5.28. The first-order valence-corrected chi connectivity index (χ1v) is 4.79. The molecule has 1 rings (SSSR count). The van der Waals surface area contributed by atoms with Crippen LogP contribution in [-0.4, -0.2) is 17.7 Å². The first kappa shape index (κ1) is 11.6. The Morgan fingerprint density at radius 1 is 1.60 bits per heavy atom. The van der Waals surface area contributed by atoms with Crippen LogP contribution in [0.1, 0.15) is 17.3 Å². The molecule has 0 saturated carbocycles. The minimum Gasteiger partial charge on any atom is -0.490 e. The minimum atomic E-state index is -1.06. The second kappa shape index (κ2) is 5.41. The van der Waals surface area contributed by atoms with Crippen molar-refractivity contribution < 1.29 is 14.6 Å². The van der Waals surface area contributed by atoms with Crippen LogP contribution in [0.25, 0.3) is 0 Å². The third-order valence-corrected chi connectivity index (χ3v) is 2.08. The largest absolute Gasteiger partial charge is 0.490 e. The maximum atomic E-state index is 10.7. The number of halogens is 1. The lowest BCUT2D eigenvalue weighted by atomic mass is 10.2. The van der Waals surface area contributed by atoms with Gasteiger partial charge < -0.3 is 9.84 Å². The van der Waals surface area contributed by atoms with Crippen molar-refractivity contribution in [2.45, 2.75) is 6.92 Å². The molecule has 0 radical (unpaired) electrons. The normalized spacial score (nSPS) is 10.5. The molecule has 1 aromatic carbocycles. The van der Waals surface area contributed by atoms with Gasteiger partial charge in [0.25, 0.3) is 0 Å². The number of carboxylic acids is 1. The van der Waals surface area contributed by atoms with Gasteiger partial charge in [0, 0.05) is 0 Å². The first-order valence-electron chi connectivity index (χ1n) is 4.42. The number of hydrogen-bond acceptors (Lipinski definition) is 2. The van der Waals surface area contributed by atoms with Gasteiger partial charge in [-0.1, -0.05) is 23.8 Å². The summed E-state index contributed by atoms with van der Waals surface area (Å²) in [6.45, 7) is 2.30. The van der Waals surface area contributed by atoms with Crippen LogP contribution in [-0.2, 0) is 0 Å². The van der Waals surface area contributed by atoms with Crippen molar-refractivity contribution in [1.82, 2.24) is 0 Å². The zero-order valence-corrected chi connectivity index (χ0v) is 8.99. The molecule has 0 bridgehead atoms. The summed E-state index contributed by atoms with van der Waals surface area (Å²) in [6.07, 6.45) is 3.68. The Morgan fingerprint density at radius 3 is 2.93 bits per heavy atom. The smallest absolute Gasteiger partial charge is 0.337 e. The molecule has 0 aliphatic heterocycles. The van der Waals surface area contributed by atoms with Crippen molar-refractivity contribution >= 4 is 17.6 Å². The Labute approximate surface area is 92.9 Å². The molecule has 0 amide bonds. The molecule has 0 heterocycles. The quantitative estimate of drug-likeness (QED) is 0.803. The molecule has 1 aromatic rings. The number of allylic oxidation sites excluding steroid dienone is 1. The fourth-order valence-corrected chi connectivity index (χ4v) is 1.20. The van der Waals surface area contributed by atoms with Crippen LogP contribution in [0.3, 0.4) is 0 Å². The summed E-state index contributed by atoms with van der Waals surface area (Å²) in [5.41, 5.74) is 0.0506. The molecule has 0 atom stereocenters. The molecule has 0 spiro atoms. The SMILES string of the molecule is C/C=C/COc1ccc(Cl)c(C(=O)O)c1. The summed E-state index contributed by atoms with van der Waals surface area (Å²) in [5, 5.41) is 9.02. The molecule has 0 saturated heterocycles. The van der Waals surface area contributed by atoms with E-state index >= 15 is 0 Å². The second-order valence-corrected chi connectivity index (χ2v) is 3.23. The lowest BCUT2D eigenvalue weighted by Crippen LogP contribution is -1.99. The predicted molar refractivity (Wildman–Crippen MR) is 58.7 cm³/mol. The molecule has 0 unspecified atom stereocenters. The van der Waals surface area contributed by atoms with Crippen molar-refractivity contribution in [3.63, 3.8) is 0 Å². The van der Waals surface area contributed by atoms with Crippen molar-refractivity contribution in [2.24, 2.45) is 0 Å². The average molecular weight is 227 g/mol. The summed E-state index contributed by atoms with van der Waals surface area (Å²) in [7, 11) is 0. The summed E-state index contributed by atoms with van der Waals surface area (Å²) in [4.78, 5) is 10.7. The summed E-state index contributed by atoms with van der Waals surface area (Å²) in [5.74, 6) is -0.564. The van der Waals surface area contributed by atoms with Gasteiger partial charge >= 0.3 is 5.97 Å². The zero-order chi connectivity index (χ0) is 11.3. The maximum absolute atomic E-state index is 10.7. The van der Waals surface area contributed by atoms with Crippen molar-refractivity contribution in [3.05, 3.63) is 40.9 Å². The molecule has 3 nitrogen and oxygen atoms in total. The summed E-state index contributed by atoms with van der Waals surface area (Å²) in [6, 6.07) is 4.56. The standard InChI is InChI=1S/C11H11ClO3/c1-2-3-6-15-8-4-5-10(12)9(7-8)11(13)14/h2-5,7H,6H2,1H3,(H,13,14)/b3-2+. The van der Waals surface area contributed by atoms with Gasteiger partial charge in [-0.25, -0.2) is 4.79 Å². The highest BCUT2D eigenvalue weighted by Crippen LogP contribution is 2.22. The second-order valence-electron chi connectivity index (χ2n) is 2.83. The molecular weight excluding hydrogens is 216 g/mol. The van der Waals surface area contributed by atoms with E-state index in [4.69, 9.17) is 21.4 Å². The van der Waals surface area contributed by atoms with Crippen LogP contribution in [0.4, 0.5) is 0 Å². The van der Waals surface area contributed by atoms with E-state index in [0.717, 1.165) is 0 Å². The van der Waals surface area contributed by atoms with Crippen LogP contribution in [0, 0.1) is 0 Å². The van der Waals surface area contributed by atoms with Crippen LogP contribution >= 0.6 is 11.6 Å². The van der Waals surface area contributed by atoms with E-state index in [1.165, 1.54) is 12.1 Å². The van der Waals surface area contributed by atoms with E-state index in [-0.39, 0.29) is 10.6 Å². The van der Waals surface area contributed by atoms with Gasteiger partial charge in [-0.05, 0) is 25.1 Å². The van der Waals surface area contributed by atoms with Crippen molar-refractivity contribution in [1.29, 1.82) is 0 Å². The van der Waals surface area contributed by atoms with E-state index in [2.05, 4.69) is 0 Å². The van der Waals surface area contributed by atoms with E-state index < -0.39 is 5.97 Å². The average Bonchev–Trinajstić information content (AvgIpc) is 2.20. The maximum Gasteiger partial charge on any atom is 0.337 e. The number of benzene rings is 1. The number of carboxylic acid groups (broad SMARTS) is 1. The van der Waals surface area contributed by atoms with Gasteiger partial charge in [0.05, 0.1) is 10.6 Å². The molecule has 0 aliphatic carbocycles. The molecule has 1 N–H and O–H groups in total. The van der Waals surface area contributed by atoms with Gasteiger partial charge in [-0.3, -0.25) is 0 Å². The number of ether oxygens (including phenoxy) is 1. The van der Waals surface area contributed by atoms with Crippen LogP contribution in [0.15, 0.2) is 30.4 Å². The van der Waals surface area contributed by atoms with E-state index in [9.17, 15) is 4.79 Å². The number of aromatic carboxylic acids is 1. The number of hydrogen-bond donors (Lipinski definition) is 1. The monoisotopic (exact) mass is 226 g/mol. The number of rotatable bonds is 4. The zero-order valence-electron chi connectivity index (χ0n) is 8.24. The lowest BCUT2D eigenvalue weighted by molar-refractivity contribution is 0.0696. The Bertz CT molecular complexity index is 385. The van der Waals surface area contributed by atoms with E-state index in [0.29, 0.717) is 12.4 Å². The molecule has 0 aromatic heterocycles. The van der Waals surface area contributed by atoms with E-state index in [1.54, 1.807) is 6.07 Å².